The molecule has 1 rings (SSSR count). The van der Waals surface area contributed by atoms with E-state index in [2.05, 4.69) is 4.98 Å². The quantitative estimate of drug-likeness (QED) is 0.650. The van der Waals surface area contributed by atoms with E-state index in [4.69, 9.17) is 11.1 Å². The Morgan fingerprint density at radius 3 is 2.31 bits per heavy atom. The molecule has 3 N–H and O–H groups in total. The third-order valence-electron chi connectivity index (χ3n) is 1.56. The molecule has 0 aromatic carbocycles. The standard InChI is InChI=1S/C8H11N3.C2H6/c1-5-3-4-11-8(10)7(5)6(2)9;1-2/h3-4,9H,1-2H3,(H2,10,11);1-2H3. The lowest BCUT2D eigenvalue weighted by Crippen LogP contribution is -2.04. The maximum absolute atomic E-state index is 7.40. The lowest BCUT2D eigenvalue weighted by atomic mass is 10.1. The van der Waals surface area contributed by atoms with Crippen molar-refractivity contribution in [3.63, 3.8) is 0 Å². The molecule has 0 saturated carbocycles. The Bertz CT molecular complexity index is 272. The van der Waals surface area contributed by atoms with Crippen LogP contribution in [0.4, 0.5) is 5.82 Å². The highest BCUT2D eigenvalue weighted by Crippen LogP contribution is 2.12. The molecule has 1 aromatic heterocycles. The highest BCUT2D eigenvalue weighted by atomic mass is 14.8. The number of aryl methyl sites for hydroxylation is 1. The molecule has 0 fully saturated rings. The van der Waals surface area contributed by atoms with Crippen LogP contribution in [0.3, 0.4) is 0 Å². The largest absolute Gasteiger partial charge is 0.383 e. The van der Waals surface area contributed by atoms with Crippen LogP contribution in [-0.4, -0.2) is 10.7 Å². The summed E-state index contributed by atoms with van der Waals surface area (Å²) in [6, 6.07) is 1.85. The van der Waals surface area contributed by atoms with E-state index in [1.807, 2.05) is 26.8 Å². The first kappa shape index (κ1) is 11.6. The van der Waals surface area contributed by atoms with Gasteiger partial charge in [-0.15, -0.1) is 0 Å². The molecule has 0 radical (unpaired) electrons. The monoisotopic (exact) mass is 179 g/mol. The number of nitrogen functional groups attached to an aromatic ring is 1. The molecule has 0 amide bonds. The molecular weight excluding hydrogens is 162 g/mol. The van der Waals surface area contributed by atoms with Gasteiger partial charge in [-0.05, 0) is 25.5 Å². The Hall–Kier alpha value is -1.38. The molecule has 0 saturated heterocycles. The van der Waals surface area contributed by atoms with Gasteiger partial charge in [-0.25, -0.2) is 4.98 Å². The number of hydrogen-bond acceptors (Lipinski definition) is 3. The second kappa shape index (κ2) is 5.30. The molecule has 0 bridgehead atoms. The summed E-state index contributed by atoms with van der Waals surface area (Å²) < 4.78 is 0. The normalized spacial score (nSPS) is 8.62. The third-order valence-corrected chi connectivity index (χ3v) is 1.56. The van der Waals surface area contributed by atoms with Crippen molar-refractivity contribution in [1.29, 1.82) is 5.41 Å². The second-order valence-corrected chi connectivity index (χ2v) is 2.51. The summed E-state index contributed by atoms with van der Waals surface area (Å²) in [5.74, 6) is 0.442. The van der Waals surface area contributed by atoms with Crippen molar-refractivity contribution in [1.82, 2.24) is 4.98 Å². The fourth-order valence-electron chi connectivity index (χ4n) is 1.07. The Morgan fingerprint density at radius 1 is 1.46 bits per heavy atom. The van der Waals surface area contributed by atoms with Crippen LogP contribution in [0.2, 0.25) is 0 Å². The molecular formula is C10H17N3. The van der Waals surface area contributed by atoms with Crippen molar-refractivity contribution >= 4 is 11.5 Å². The highest BCUT2D eigenvalue weighted by molar-refractivity contribution is 6.01. The van der Waals surface area contributed by atoms with Gasteiger partial charge in [-0.1, -0.05) is 13.8 Å². The number of hydrogen-bond donors (Lipinski definition) is 2. The van der Waals surface area contributed by atoms with E-state index in [0.29, 0.717) is 11.5 Å². The molecule has 1 aromatic rings. The minimum atomic E-state index is 0.442. The van der Waals surface area contributed by atoms with Gasteiger partial charge in [0.15, 0.2) is 0 Å². The lowest BCUT2D eigenvalue weighted by Gasteiger charge is -2.04. The van der Waals surface area contributed by atoms with Crippen LogP contribution in [0, 0.1) is 12.3 Å². The van der Waals surface area contributed by atoms with Crippen molar-refractivity contribution in [2.24, 2.45) is 0 Å². The van der Waals surface area contributed by atoms with E-state index in [1.165, 1.54) is 0 Å². The fourth-order valence-corrected chi connectivity index (χ4v) is 1.07. The van der Waals surface area contributed by atoms with E-state index < -0.39 is 0 Å². The number of nitrogens with one attached hydrogen (secondary N) is 1. The van der Waals surface area contributed by atoms with Gasteiger partial charge >= 0.3 is 0 Å². The summed E-state index contributed by atoms with van der Waals surface area (Å²) in [6.07, 6.45) is 1.65. The molecule has 0 spiro atoms. The predicted molar refractivity (Wildman–Crippen MR) is 57.2 cm³/mol. The summed E-state index contributed by atoms with van der Waals surface area (Å²) >= 11 is 0. The zero-order valence-electron chi connectivity index (χ0n) is 8.68. The van der Waals surface area contributed by atoms with Crippen molar-refractivity contribution in [2.75, 3.05) is 5.73 Å². The minimum absolute atomic E-state index is 0.442. The van der Waals surface area contributed by atoms with E-state index >= 15 is 0 Å². The van der Waals surface area contributed by atoms with Gasteiger partial charge < -0.3 is 11.1 Å². The topological polar surface area (TPSA) is 62.8 Å². The molecule has 0 aliphatic rings. The van der Waals surface area contributed by atoms with Gasteiger partial charge in [0.1, 0.15) is 5.82 Å². The first-order chi connectivity index (χ1) is 6.13. The van der Waals surface area contributed by atoms with Crippen LogP contribution in [0.25, 0.3) is 0 Å². The van der Waals surface area contributed by atoms with E-state index in [9.17, 15) is 0 Å². The first-order valence-electron chi connectivity index (χ1n) is 4.39. The average Bonchev–Trinajstić information content (AvgIpc) is 2.07. The number of aromatic nitrogens is 1. The second-order valence-electron chi connectivity index (χ2n) is 2.51. The van der Waals surface area contributed by atoms with Crippen molar-refractivity contribution in [2.45, 2.75) is 27.7 Å². The molecule has 13 heavy (non-hydrogen) atoms. The van der Waals surface area contributed by atoms with Crippen molar-refractivity contribution in [3.05, 3.63) is 23.4 Å². The minimum Gasteiger partial charge on any atom is -0.383 e. The average molecular weight is 179 g/mol. The first-order valence-corrected chi connectivity index (χ1v) is 4.39. The smallest absolute Gasteiger partial charge is 0.132 e. The van der Waals surface area contributed by atoms with E-state index in [0.717, 1.165) is 11.1 Å². The number of anilines is 1. The van der Waals surface area contributed by atoms with E-state index in [-0.39, 0.29) is 0 Å². The molecule has 3 heteroatoms. The Kier molecular flexibility index (Phi) is 4.74. The van der Waals surface area contributed by atoms with Gasteiger partial charge in [-0.2, -0.15) is 0 Å². The molecule has 72 valence electrons. The van der Waals surface area contributed by atoms with Crippen molar-refractivity contribution in [3.8, 4) is 0 Å². The molecule has 0 aliphatic heterocycles. The van der Waals surface area contributed by atoms with Gasteiger partial charge in [0.05, 0.1) is 0 Å². The highest BCUT2D eigenvalue weighted by Gasteiger charge is 2.04. The Morgan fingerprint density at radius 2 is 2.00 bits per heavy atom. The molecule has 1 heterocycles. The van der Waals surface area contributed by atoms with Gasteiger partial charge in [-0.3, -0.25) is 0 Å². The number of pyridine rings is 1. The van der Waals surface area contributed by atoms with Crippen LogP contribution >= 0.6 is 0 Å². The van der Waals surface area contributed by atoms with Crippen LogP contribution < -0.4 is 5.73 Å². The van der Waals surface area contributed by atoms with Crippen molar-refractivity contribution < 1.29 is 0 Å². The van der Waals surface area contributed by atoms with Gasteiger partial charge in [0, 0.05) is 17.5 Å². The zero-order valence-corrected chi connectivity index (χ0v) is 8.68. The summed E-state index contributed by atoms with van der Waals surface area (Å²) in [4.78, 5) is 3.90. The summed E-state index contributed by atoms with van der Waals surface area (Å²) in [7, 11) is 0. The lowest BCUT2D eigenvalue weighted by molar-refractivity contribution is 1.26. The molecule has 0 unspecified atom stereocenters. The van der Waals surface area contributed by atoms with Crippen LogP contribution in [0.15, 0.2) is 12.3 Å². The maximum Gasteiger partial charge on any atom is 0.132 e. The van der Waals surface area contributed by atoms with E-state index in [1.54, 1.807) is 13.1 Å². The SMILES string of the molecule is CC.CC(=N)c1c(C)ccnc1N. The number of nitrogens with two attached hydrogens (primary N) is 1. The van der Waals surface area contributed by atoms with Crippen LogP contribution in [0.1, 0.15) is 31.9 Å². The summed E-state index contributed by atoms with van der Waals surface area (Å²) in [5.41, 5.74) is 7.80. The maximum atomic E-state index is 7.40. The van der Waals surface area contributed by atoms with Crippen LogP contribution in [-0.2, 0) is 0 Å². The predicted octanol–water partition coefficient (Wildman–Crippen LogP) is 2.39. The summed E-state index contributed by atoms with van der Waals surface area (Å²) in [6.45, 7) is 7.63. The Labute approximate surface area is 79.5 Å². The summed E-state index contributed by atoms with van der Waals surface area (Å²) in [5, 5.41) is 7.40. The molecule has 3 nitrogen and oxygen atoms in total. The third kappa shape index (κ3) is 2.86. The fraction of sp³-hybridized carbons (Fsp3) is 0.400. The molecule has 0 atom stereocenters. The molecule has 0 aliphatic carbocycles. The Balaban J connectivity index is 0.000000671. The number of rotatable bonds is 1. The van der Waals surface area contributed by atoms with Gasteiger partial charge in [0.2, 0.25) is 0 Å². The number of nitrogens with zero attached hydrogens (tertiary/aromatic N) is 1. The zero-order chi connectivity index (χ0) is 10.4. The van der Waals surface area contributed by atoms with Crippen LogP contribution in [0.5, 0.6) is 0 Å². The van der Waals surface area contributed by atoms with Gasteiger partial charge in [0.25, 0.3) is 0 Å².